The lowest BCUT2D eigenvalue weighted by Gasteiger charge is -2.26. The van der Waals surface area contributed by atoms with Crippen molar-refractivity contribution in [3.05, 3.63) is 57.2 Å². The highest BCUT2D eigenvalue weighted by molar-refractivity contribution is 7.16. The number of halogens is 1. The predicted molar refractivity (Wildman–Crippen MR) is 85.0 cm³/mol. The van der Waals surface area contributed by atoms with Crippen molar-refractivity contribution >= 4 is 22.9 Å². The van der Waals surface area contributed by atoms with Gasteiger partial charge in [0.05, 0.1) is 4.34 Å². The first-order valence-corrected chi connectivity index (χ1v) is 7.78. The third-order valence-electron chi connectivity index (χ3n) is 3.25. The second-order valence-electron chi connectivity index (χ2n) is 5.43. The molecule has 102 valence electrons. The van der Waals surface area contributed by atoms with E-state index in [9.17, 15) is 0 Å². The third kappa shape index (κ3) is 4.98. The molecule has 1 aromatic carbocycles. The van der Waals surface area contributed by atoms with Crippen LogP contribution >= 0.6 is 22.9 Å². The highest BCUT2D eigenvalue weighted by Crippen LogP contribution is 2.22. The van der Waals surface area contributed by atoms with Gasteiger partial charge in [-0.3, -0.25) is 0 Å². The minimum atomic E-state index is 0.131. The van der Waals surface area contributed by atoms with E-state index in [2.05, 4.69) is 55.6 Å². The molecular formula is C16H20ClNS. The molecular weight excluding hydrogens is 274 g/mol. The van der Waals surface area contributed by atoms with Crippen molar-refractivity contribution in [1.29, 1.82) is 0 Å². The van der Waals surface area contributed by atoms with E-state index in [1.807, 2.05) is 6.07 Å². The topological polar surface area (TPSA) is 12.0 Å². The van der Waals surface area contributed by atoms with Gasteiger partial charge in [-0.15, -0.1) is 11.3 Å². The smallest absolute Gasteiger partial charge is 0.0931 e. The molecule has 19 heavy (non-hydrogen) atoms. The molecule has 0 bridgehead atoms. The Morgan fingerprint density at radius 3 is 2.47 bits per heavy atom. The third-order valence-corrected chi connectivity index (χ3v) is 4.48. The van der Waals surface area contributed by atoms with Crippen molar-refractivity contribution in [2.24, 2.45) is 0 Å². The van der Waals surface area contributed by atoms with Crippen molar-refractivity contribution < 1.29 is 0 Å². The van der Waals surface area contributed by atoms with Crippen LogP contribution < -0.4 is 5.32 Å². The standard InChI is InChI=1S/C16H20ClNS/c1-16(2,11-10-13-6-4-3-5-7-13)18-12-14-8-9-15(17)19-14/h3-9,18H,10-12H2,1-2H3. The second-order valence-corrected chi connectivity index (χ2v) is 7.23. The summed E-state index contributed by atoms with van der Waals surface area (Å²) in [4.78, 5) is 1.29. The van der Waals surface area contributed by atoms with E-state index in [1.54, 1.807) is 11.3 Å². The van der Waals surface area contributed by atoms with Gasteiger partial charge in [-0.25, -0.2) is 0 Å². The van der Waals surface area contributed by atoms with Crippen molar-refractivity contribution in [1.82, 2.24) is 5.32 Å². The predicted octanol–water partition coefficient (Wildman–Crippen LogP) is 4.90. The molecule has 1 heterocycles. The van der Waals surface area contributed by atoms with Crippen LogP contribution in [-0.4, -0.2) is 5.54 Å². The number of nitrogens with one attached hydrogen (secondary N) is 1. The summed E-state index contributed by atoms with van der Waals surface area (Å²) in [7, 11) is 0. The molecule has 0 saturated carbocycles. The van der Waals surface area contributed by atoms with Gasteiger partial charge in [0.1, 0.15) is 0 Å². The molecule has 2 aromatic rings. The largest absolute Gasteiger partial charge is 0.307 e. The Hall–Kier alpha value is -0.830. The quantitative estimate of drug-likeness (QED) is 0.798. The lowest BCUT2D eigenvalue weighted by Crippen LogP contribution is -2.38. The zero-order chi connectivity index (χ0) is 13.7. The Morgan fingerprint density at radius 1 is 1.11 bits per heavy atom. The van der Waals surface area contributed by atoms with Gasteiger partial charge < -0.3 is 5.32 Å². The maximum Gasteiger partial charge on any atom is 0.0931 e. The second kappa shape index (κ2) is 6.56. The summed E-state index contributed by atoms with van der Waals surface area (Å²) in [5.41, 5.74) is 1.53. The summed E-state index contributed by atoms with van der Waals surface area (Å²) >= 11 is 7.59. The van der Waals surface area contributed by atoms with Gasteiger partial charge in [0.15, 0.2) is 0 Å². The maximum absolute atomic E-state index is 5.94. The lowest BCUT2D eigenvalue weighted by atomic mass is 9.95. The first kappa shape index (κ1) is 14.6. The van der Waals surface area contributed by atoms with Crippen LogP contribution in [0.4, 0.5) is 0 Å². The minimum Gasteiger partial charge on any atom is -0.307 e. The molecule has 0 aliphatic rings. The van der Waals surface area contributed by atoms with Gasteiger partial charge in [0.25, 0.3) is 0 Å². The summed E-state index contributed by atoms with van der Waals surface area (Å²) in [6.07, 6.45) is 2.22. The zero-order valence-electron chi connectivity index (χ0n) is 11.4. The van der Waals surface area contributed by atoms with Gasteiger partial charge >= 0.3 is 0 Å². The molecule has 0 amide bonds. The average molecular weight is 294 g/mol. The molecule has 0 aliphatic heterocycles. The fraction of sp³-hybridized carbons (Fsp3) is 0.375. The number of hydrogen-bond acceptors (Lipinski definition) is 2. The van der Waals surface area contributed by atoms with Crippen LogP contribution in [0.5, 0.6) is 0 Å². The molecule has 0 saturated heterocycles. The molecule has 1 nitrogen and oxygen atoms in total. The molecule has 1 N–H and O–H groups in total. The van der Waals surface area contributed by atoms with Crippen molar-refractivity contribution in [3.8, 4) is 0 Å². The average Bonchev–Trinajstić information content (AvgIpc) is 2.82. The Balaban J connectivity index is 1.81. The Labute approximate surface area is 124 Å². The zero-order valence-corrected chi connectivity index (χ0v) is 13.0. The van der Waals surface area contributed by atoms with E-state index in [0.717, 1.165) is 23.7 Å². The Bertz CT molecular complexity index is 504. The highest BCUT2D eigenvalue weighted by Gasteiger charge is 2.16. The normalized spacial score (nSPS) is 11.7. The molecule has 0 spiro atoms. The molecule has 0 fully saturated rings. The lowest BCUT2D eigenvalue weighted by molar-refractivity contribution is 0.362. The van der Waals surface area contributed by atoms with Gasteiger partial charge in [-0.05, 0) is 44.4 Å². The van der Waals surface area contributed by atoms with E-state index in [4.69, 9.17) is 11.6 Å². The van der Waals surface area contributed by atoms with Crippen molar-refractivity contribution in [2.75, 3.05) is 0 Å². The molecule has 1 aromatic heterocycles. The molecule has 0 unspecified atom stereocenters. The highest BCUT2D eigenvalue weighted by atomic mass is 35.5. The van der Waals surface area contributed by atoms with E-state index in [0.29, 0.717) is 0 Å². The molecule has 3 heteroatoms. The summed E-state index contributed by atoms with van der Waals surface area (Å²) in [6.45, 7) is 5.40. The van der Waals surface area contributed by atoms with Crippen LogP contribution in [0, 0.1) is 0 Å². The van der Waals surface area contributed by atoms with E-state index < -0.39 is 0 Å². The van der Waals surface area contributed by atoms with Gasteiger partial charge in [-0.2, -0.15) is 0 Å². The minimum absolute atomic E-state index is 0.131. The number of hydrogen-bond donors (Lipinski definition) is 1. The van der Waals surface area contributed by atoms with Crippen molar-refractivity contribution in [3.63, 3.8) is 0 Å². The van der Waals surface area contributed by atoms with Gasteiger partial charge in [0.2, 0.25) is 0 Å². The first-order valence-electron chi connectivity index (χ1n) is 6.58. The summed E-state index contributed by atoms with van der Waals surface area (Å²) in [6, 6.07) is 14.7. The van der Waals surface area contributed by atoms with E-state index >= 15 is 0 Å². The summed E-state index contributed by atoms with van der Waals surface area (Å²) in [5.74, 6) is 0. The molecule has 0 atom stereocenters. The first-order chi connectivity index (χ1) is 9.05. The maximum atomic E-state index is 5.94. The van der Waals surface area contributed by atoms with Gasteiger partial charge in [0, 0.05) is 17.0 Å². The monoisotopic (exact) mass is 293 g/mol. The van der Waals surface area contributed by atoms with Gasteiger partial charge in [-0.1, -0.05) is 41.9 Å². The van der Waals surface area contributed by atoms with Crippen molar-refractivity contribution in [2.45, 2.75) is 38.8 Å². The Morgan fingerprint density at radius 2 is 1.84 bits per heavy atom. The number of rotatable bonds is 6. The summed E-state index contributed by atoms with van der Waals surface area (Å²) in [5, 5.41) is 3.61. The van der Waals surface area contributed by atoms with Crippen LogP contribution in [0.3, 0.4) is 0 Å². The fourth-order valence-electron chi connectivity index (χ4n) is 1.96. The fourth-order valence-corrected chi connectivity index (χ4v) is 2.99. The van der Waals surface area contributed by atoms with Crippen LogP contribution in [-0.2, 0) is 13.0 Å². The van der Waals surface area contributed by atoms with Crippen LogP contribution in [0.25, 0.3) is 0 Å². The number of thiophene rings is 1. The number of aryl methyl sites for hydroxylation is 1. The molecule has 2 rings (SSSR count). The Kier molecular flexibility index (Phi) is 5.03. The van der Waals surface area contributed by atoms with Crippen LogP contribution in [0.15, 0.2) is 42.5 Å². The van der Waals surface area contributed by atoms with E-state index in [-0.39, 0.29) is 5.54 Å². The van der Waals surface area contributed by atoms with E-state index in [1.165, 1.54) is 10.4 Å². The summed E-state index contributed by atoms with van der Waals surface area (Å²) < 4.78 is 0.860. The van der Waals surface area contributed by atoms with Crippen LogP contribution in [0.2, 0.25) is 4.34 Å². The number of benzene rings is 1. The van der Waals surface area contributed by atoms with Crippen LogP contribution in [0.1, 0.15) is 30.7 Å². The molecule has 0 radical (unpaired) electrons. The SMILES string of the molecule is CC(C)(CCc1ccccc1)NCc1ccc(Cl)s1. The molecule has 0 aliphatic carbocycles.